The van der Waals surface area contributed by atoms with E-state index in [4.69, 9.17) is 5.73 Å². The molecule has 1 aromatic rings. The zero-order chi connectivity index (χ0) is 14.9. The molecule has 21 heavy (non-hydrogen) atoms. The van der Waals surface area contributed by atoms with Gasteiger partial charge in [-0.15, -0.1) is 0 Å². The van der Waals surface area contributed by atoms with Gasteiger partial charge in [0.25, 0.3) is 0 Å². The summed E-state index contributed by atoms with van der Waals surface area (Å²) in [7, 11) is 0. The zero-order valence-corrected chi connectivity index (χ0v) is 12.3. The maximum atomic E-state index is 13.6. The summed E-state index contributed by atoms with van der Waals surface area (Å²) in [6.45, 7) is 0.482. The van der Waals surface area contributed by atoms with Crippen LogP contribution in [0.15, 0.2) is 24.3 Å². The van der Waals surface area contributed by atoms with Crippen LogP contribution in [0.5, 0.6) is 0 Å². The molecule has 0 radical (unpaired) electrons. The molecule has 0 aromatic heterocycles. The van der Waals surface area contributed by atoms with Gasteiger partial charge >= 0.3 is 0 Å². The lowest BCUT2D eigenvalue weighted by Crippen LogP contribution is -2.50. The summed E-state index contributed by atoms with van der Waals surface area (Å²) in [5.74, 6) is 0.294. The number of nitrogens with two attached hydrogens (primary N) is 1. The molecule has 1 amide bonds. The summed E-state index contributed by atoms with van der Waals surface area (Å²) >= 11 is 0. The van der Waals surface area contributed by atoms with Crippen LogP contribution in [-0.4, -0.2) is 18.5 Å². The van der Waals surface area contributed by atoms with Crippen LogP contribution in [0, 0.1) is 11.7 Å². The first-order chi connectivity index (χ1) is 10.2. The van der Waals surface area contributed by atoms with Gasteiger partial charge in [-0.3, -0.25) is 4.79 Å². The Morgan fingerprint density at radius 2 is 2.10 bits per heavy atom. The van der Waals surface area contributed by atoms with Crippen LogP contribution in [0.3, 0.4) is 0 Å². The van der Waals surface area contributed by atoms with E-state index in [1.807, 2.05) is 6.07 Å². The van der Waals surface area contributed by atoms with Gasteiger partial charge in [-0.05, 0) is 49.3 Å². The van der Waals surface area contributed by atoms with Crippen LogP contribution in [0.2, 0.25) is 0 Å². The number of hydrogen-bond donors (Lipinski definition) is 2. The van der Waals surface area contributed by atoms with Crippen molar-refractivity contribution in [1.82, 2.24) is 5.32 Å². The number of carbonyl (C=O) groups excluding carboxylic acids is 1. The lowest BCUT2D eigenvalue weighted by molar-refractivity contribution is -0.127. The van der Waals surface area contributed by atoms with Gasteiger partial charge in [0.2, 0.25) is 5.91 Å². The Bertz CT molecular complexity index is 521. The van der Waals surface area contributed by atoms with E-state index < -0.39 is 5.41 Å². The van der Waals surface area contributed by atoms with E-state index in [1.54, 1.807) is 6.07 Å². The van der Waals surface area contributed by atoms with Crippen molar-refractivity contribution in [2.24, 2.45) is 11.7 Å². The van der Waals surface area contributed by atoms with Gasteiger partial charge in [0.15, 0.2) is 0 Å². The molecule has 1 atom stereocenters. The van der Waals surface area contributed by atoms with Crippen LogP contribution >= 0.6 is 0 Å². The molecule has 4 heteroatoms. The van der Waals surface area contributed by atoms with Crippen molar-refractivity contribution in [2.45, 2.75) is 50.0 Å². The van der Waals surface area contributed by atoms with Crippen LogP contribution in [-0.2, 0) is 10.2 Å². The third-order valence-electron chi connectivity index (χ3n) is 5.03. The predicted octanol–water partition coefficient (Wildman–Crippen LogP) is 2.49. The molecule has 1 unspecified atom stereocenters. The highest BCUT2D eigenvalue weighted by atomic mass is 19.1. The molecule has 0 saturated heterocycles. The van der Waals surface area contributed by atoms with Gasteiger partial charge in [-0.25, -0.2) is 4.39 Å². The fraction of sp³-hybridized carbons (Fsp3) is 0.588. The molecule has 3 N–H and O–H groups in total. The fourth-order valence-corrected chi connectivity index (χ4v) is 3.59. The Balaban J connectivity index is 1.84. The van der Waals surface area contributed by atoms with Gasteiger partial charge in [0.05, 0.1) is 5.41 Å². The maximum absolute atomic E-state index is 13.6. The monoisotopic (exact) mass is 290 g/mol. The lowest BCUT2D eigenvalue weighted by Gasteiger charge is -2.30. The van der Waals surface area contributed by atoms with Crippen molar-refractivity contribution in [3.8, 4) is 0 Å². The maximum Gasteiger partial charge on any atom is 0.230 e. The molecule has 2 aliphatic rings. The SMILES string of the molecule is NCC(NC(=O)C1(c2cccc(F)c2)CCCC1)C1CC1. The first-order valence-electron chi connectivity index (χ1n) is 7.93. The average molecular weight is 290 g/mol. The molecule has 3 rings (SSSR count). The first-order valence-corrected chi connectivity index (χ1v) is 7.93. The number of nitrogens with one attached hydrogen (secondary N) is 1. The van der Waals surface area contributed by atoms with E-state index in [0.29, 0.717) is 12.5 Å². The Morgan fingerprint density at radius 1 is 1.38 bits per heavy atom. The van der Waals surface area contributed by atoms with E-state index >= 15 is 0 Å². The fourth-order valence-electron chi connectivity index (χ4n) is 3.59. The first kappa shape index (κ1) is 14.5. The van der Waals surface area contributed by atoms with Gasteiger partial charge < -0.3 is 11.1 Å². The number of rotatable bonds is 5. The Labute approximate surface area is 125 Å². The smallest absolute Gasteiger partial charge is 0.230 e. The topological polar surface area (TPSA) is 55.1 Å². The molecular weight excluding hydrogens is 267 g/mol. The van der Waals surface area contributed by atoms with Crippen molar-refractivity contribution in [3.63, 3.8) is 0 Å². The van der Waals surface area contributed by atoms with Crippen LogP contribution in [0.1, 0.15) is 44.1 Å². The number of amides is 1. The van der Waals surface area contributed by atoms with E-state index in [1.165, 1.54) is 12.1 Å². The van der Waals surface area contributed by atoms with Crippen molar-refractivity contribution < 1.29 is 9.18 Å². The third-order valence-corrected chi connectivity index (χ3v) is 5.03. The van der Waals surface area contributed by atoms with Crippen molar-refractivity contribution >= 4 is 5.91 Å². The molecule has 2 aliphatic carbocycles. The van der Waals surface area contributed by atoms with Crippen LogP contribution in [0.4, 0.5) is 4.39 Å². The van der Waals surface area contributed by atoms with E-state index in [9.17, 15) is 9.18 Å². The second kappa shape index (κ2) is 5.76. The minimum atomic E-state index is -0.565. The number of carbonyl (C=O) groups is 1. The van der Waals surface area contributed by atoms with Crippen molar-refractivity contribution in [3.05, 3.63) is 35.6 Å². The van der Waals surface area contributed by atoms with Crippen molar-refractivity contribution in [2.75, 3.05) is 6.54 Å². The predicted molar refractivity (Wildman–Crippen MR) is 80.3 cm³/mol. The zero-order valence-electron chi connectivity index (χ0n) is 12.3. The van der Waals surface area contributed by atoms with Crippen molar-refractivity contribution in [1.29, 1.82) is 0 Å². The molecule has 0 bridgehead atoms. The lowest BCUT2D eigenvalue weighted by atomic mass is 9.77. The van der Waals surface area contributed by atoms with E-state index in [-0.39, 0.29) is 17.8 Å². The van der Waals surface area contributed by atoms with Crippen LogP contribution < -0.4 is 11.1 Å². The van der Waals surface area contributed by atoms with Gasteiger partial charge in [0.1, 0.15) is 5.82 Å². The van der Waals surface area contributed by atoms with Gasteiger partial charge in [-0.1, -0.05) is 25.0 Å². The second-order valence-electron chi connectivity index (χ2n) is 6.45. The number of halogens is 1. The highest BCUT2D eigenvalue weighted by molar-refractivity contribution is 5.89. The molecule has 1 aromatic carbocycles. The summed E-state index contributed by atoms with van der Waals surface area (Å²) in [6, 6.07) is 6.58. The number of hydrogen-bond acceptors (Lipinski definition) is 2. The summed E-state index contributed by atoms with van der Waals surface area (Å²) < 4.78 is 13.6. The summed E-state index contributed by atoms with van der Waals surface area (Å²) in [5, 5.41) is 3.14. The molecule has 2 fully saturated rings. The summed E-state index contributed by atoms with van der Waals surface area (Å²) in [6.07, 6.45) is 5.92. The summed E-state index contributed by atoms with van der Waals surface area (Å²) in [5.41, 5.74) is 6.04. The standard InChI is InChI=1S/C17H23FN2O/c18-14-5-3-4-13(10-14)17(8-1-2-9-17)16(21)20-15(11-19)12-6-7-12/h3-5,10,12,15H,1-2,6-9,11,19H2,(H,20,21). The molecule has 3 nitrogen and oxygen atoms in total. The average Bonchev–Trinajstić information content (AvgIpc) is 3.20. The Hall–Kier alpha value is -1.42. The minimum absolute atomic E-state index is 0.0351. The molecule has 114 valence electrons. The Morgan fingerprint density at radius 3 is 2.67 bits per heavy atom. The highest BCUT2D eigenvalue weighted by Gasteiger charge is 2.44. The molecule has 2 saturated carbocycles. The van der Waals surface area contributed by atoms with E-state index in [2.05, 4.69) is 5.32 Å². The molecular formula is C17H23FN2O. The quantitative estimate of drug-likeness (QED) is 0.875. The minimum Gasteiger partial charge on any atom is -0.351 e. The van der Waals surface area contributed by atoms with Crippen LogP contribution in [0.25, 0.3) is 0 Å². The second-order valence-corrected chi connectivity index (χ2v) is 6.45. The number of benzene rings is 1. The van der Waals surface area contributed by atoms with Gasteiger partial charge in [-0.2, -0.15) is 0 Å². The Kier molecular flexibility index (Phi) is 3.98. The molecule has 0 aliphatic heterocycles. The largest absolute Gasteiger partial charge is 0.351 e. The third kappa shape index (κ3) is 2.82. The van der Waals surface area contributed by atoms with Gasteiger partial charge in [0, 0.05) is 12.6 Å². The normalized spacial score (nSPS) is 22.0. The molecule has 0 spiro atoms. The van der Waals surface area contributed by atoms with E-state index in [0.717, 1.165) is 44.1 Å². The summed E-state index contributed by atoms with van der Waals surface area (Å²) in [4.78, 5) is 12.9. The molecule has 0 heterocycles. The highest BCUT2D eigenvalue weighted by Crippen LogP contribution is 2.42.